The molecule has 0 spiro atoms. The molecule has 1 N–H and O–H groups in total. The van der Waals surface area contributed by atoms with Crippen molar-refractivity contribution >= 4 is 23.3 Å². The number of carbonyl (C=O) groups excluding carboxylic acids is 2. The van der Waals surface area contributed by atoms with Crippen molar-refractivity contribution in [2.45, 2.75) is 20.8 Å². The number of aromatic nitrogens is 4. The van der Waals surface area contributed by atoms with Gasteiger partial charge >= 0.3 is 5.97 Å². The molecular formula is C17H17N5O3. The number of aryl methyl sites for hydroxylation is 3. The number of fused-ring (bicyclic) bond motifs is 1. The number of methoxy groups -OCH3 is 1. The normalized spacial score (nSPS) is 10.7. The molecule has 3 rings (SSSR count). The first-order valence-electron chi connectivity index (χ1n) is 7.61. The molecule has 2 heterocycles. The first kappa shape index (κ1) is 16.6. The SMILES string of the molecule is COC(=O)c1c(C)cccc1NC(=O)c1nc2nc(C)cc(C)n2n1. The van der Waals surface area contributed by atoms with E-state index in [2.05, 4.69) is 20.4 Å². The lowest BCUT2D eigenvalue weighted by atomic mass is 10.1. The Morgan fingerprint density at radius 2 is 1.92 bits per heavy atom. The summed E-state index contributed by atoms with van der Waals surface area (Å²) in [5.74, 6) is -0.735. The van der Waals surface area contributed by atoms with Gasteiger partial charge in [-0.15, -0.1) is 5.10 Å². The largest absolute Gasteiger partial charge is 0.465 e. The third-order valence-corrected chi connectivity index (χ3v) is 3.73. The maximum Gasteiger partial charge on any atom is 0.340 e. The second-order valence-corrected chi connectivity index (χ2v) is 5.63. The number of benzene rings is 1. The van der Waals surface area contributed by atoms with Crippen molar-refractivity contribution < 1.29 is 14.3 Å². The van der Waals surface area contributed by atoms with Crippen molar-refractivity contribution in [3.63, 3.8) is 0 Å². The van der Waals surface area contributed by atoms with Gasteiger partial charge in [0.25, 0.3) is 11.7 Å². The lowest BCUT2D eigenvalue weighted by Crippen LogP contribution is -2.17. The Bertz CT molecular complexity index is 993. The van der Waals surface area contributed by atoms with Crippen molar-refractivity contribution in [1.29, 1.82) is 0 Å². The molecule has 0 aliphatic carbocycles. The second kappa shape index (κ2) is 6.31. The number of nitrogens with one attached hydrogen (secondary N) is 1. The Morgan fingerprint density at radius 1 is 1.16 bits per heavy atom. The highest BCUT2D eigenvalue weighted by Crippen LogP contribution is 2.21. The van der Waals surface area contributed by atoms with Gasteiger partial charge in [0.05, 0.1) is 18.4 Å². The molecule has 0 aliphatic heterocycles. The zero-order valence-electron chi connectivity index (χ0n) is 14.3. The Labute approximate surface area is 143 Å². The second-order valence-electron chi connectivity index (χ2n) is 5.63. The van der Waals surface area contributed by atoms with Crippen LogP contribution in [0, 0.1) is 20.8 Å². The van der Waals surface area contributed by atoms with E-state index in [1.54, 1.807) is 25.1 Å². The smallest absolute Gasteiger partial charge is 0.340 e. The van der Waals surface area contributed by atoms with Crippen LogP contribution < -0.4 is 5.32 Å². The van der Waals surface area contributed by atoms with Crippen LogP contribution in [0.3, 0.4) is 0 Å². The number of hydrogen-bond acceptors (Lipinski definition) is 6. The van der Waals surface area contributed by atoms with Gasteiger partial charge in [0.15, 0.2) is 0 Å². The molecule has 1 amide bonds. The number of ether oxygens (including phenoxy) is 1. The highest BCUT2D eigenvalue weighted by molar-refractivity contribution is 6.07. The Hall–Kier alpha value is -3.29. The molecule has 8 nitrogen and oxygen atoms in total. The fraction of sp³-hybridized carbons (Fsp3) is 0.235. The molecule has 0 atom stereocenters. The number of amides is 1. The summed E-state index contributed by atoms with van der Waals surface area (Å²) in [6, 6.07) is 6.98. The quantitative estimate of drug-likeness (QED) is 0.734. The summed E-state index contributed by atoms with van der Waals surface area (Å²) >= 11 is 0. The van der Waals surface area contributed by atoms with Crippen LogP contribution in [-0.4, -0.2) is 38.6 Å². The maximum absolute atomic E-state index is 12.5. The summed E-state index contributed by atoms with van der Waals surface area (Å²) in [4.78, 5) is 32.9. The first-order chi connectivity index (χ1) is 11.9. The summed E-state index contributed by atoms with van der Waals surface area (Å²) in [7, 11) is 1.29. The molecule has 0 unspecified atom stereocenters. The zero-order chi connectivity index (χ0) is 18.1. The first-order valence-corrected chi connectivity index (χ1v) is 7.61. The van der Waals surface area contributed by atoms with E-state index in [1.165, 1.54) is 11.6 Å². The molecule has 25 heavy (non-hydrogen) atoms. The lowest BCUT2D eigenvalue weighted by Gasteiger charge is -2.10. The molecule has 0 saturated carbocycles. The molecule has 0 saturated heterocycles. The predicted octanol–water partition coefficient (Wildman–Crippen LogP) is 2.09. The van der Waals surface area contributed by atoms with Crippen molar-refractivity contribution in [3.8, 4) is 0 Å². The molecule has 0 aliphatic rings. The van der Waals surface area contributed by atoms with Gasteiger partial charge in [-0.25, -0.2) is 14.3 Å². The van der Waals surface area contributed by atoms with Crippen LogP contribution in [0.25, 0.3) is 5.78 Å². The van der Waals surface area contributed by atoms with Crippen molar-refractivity contribution in [3.05, 3.63) is 52.6 Å². The average Bonchev–Trinajstić information content (AvgIpc) is 2.99. The van der Waals surface area contributed by atoms with Crippen LogP contribution >= 0.6 is 0 Å². The predicted molar refractivity (Wildman–Crippen MR) is 90.7 cm³/mol. The van der Waals surface area contributed by atoms with Gasteiger partial charge < -0.3 is 10.1 Å². The summed E-state index contributed by atoms with van der Waals surface area (Å²) in [6.45, 7) is 5.46. The average molecular weight is 339 g/mol. The van der Waals surface area contributed by atoms with Crippen molar-refractivity contribution in [2.75, 3.05) is 12.4 Å². The molecule has 0 radical (unpaired) electrons. The van der Waals surface area contributed by atoms with Crippen LogP contribution in [0.1, 0.15) is 37.9 Å². The molecule has 3 aromatic rings. The summed E-state index contributed by atoms with van der Waals surface area (Å²) < 4.78 is 6.29. The van der Waals surface area contributed by atoms with Crippen LogP contribution in [0.2, 0.25) is 0 Å². The zero-order valence-corrected chi connectivity index (χ0v) is 14.3. The van der Waals surface area contributed by atoms with Gasteiger partial charge in [-0.2, -0.15) is 4.98 Å². The number of hydrogen-bond donors (Lipinski definition) is 1. The standard InChI is InChI=1S/C17H17N5O3/c1-9-6-5-7-12(13(9)16(24)25-4)19-15(23)14-20-17-18-10(2)8-11(3)22(17)21-14/h5-8H,1-4H3,(H,19,23). The van der Waals surface area contributed by atoms with E-state index in [0.29, 0.717) is 22.6 Å². The minimum Gasteiger partial charge on any atom is -0.465 e. The van der Waals surface area contributed by atoms with E-state index in [1.807, 2.05) is 19.9 Å². The number of anilines is 1. The van der Waals surface area contributed by atoms with Gasteiger partial charge in [-0.1, -0.05) is 12.1 Å². The molecule has 0 fully saturated rings. The van der Waals surface area contributed by atoms with Crippen LogP contribution in [0.4, 0.5) is 5.69 Å². The minimum absolute atomic E-state index is 0.0291. The Morgan fingerprint density at radius 3 is 2.64 bits per heavy atom. The number of carbonyl (C=O) groups is 2. The van der Waals surface area contributed by atoms with E-state index >= 15 is 0 Å². The number of esters is 1. The maximum atomic E-state index is 12.5. The Balaban J connectivity index is 1.97. The molecule has 8 heteroatoms. The molecule has 1 aromatic carbocycles. The molecular weight excluding hydrogens is 322 g/mol. The van der Waals surface area contributed by atoms with Crippen LogP contribution in [0.5, 0.6) is 0 Å². The van der Waals surface area contributed by atoms with Crippen LogP contribution in [0.15, 0.2) is 24.3 Å². The summed E-state index contributed by atoms with van der Waals surface area (Å²) in [6.07, 6.45) is 0. The van der Waals surface area contributed by atoms with Gasteiger partial charge in [0.1, 0.15) is 0 Å². The highest BCUT2D eigenvalue weighted by atomic mass is 16.5. The molecule has 0 bridgehead atoms. The molecule has 2 aromatic heterocycles. The van der Waals surface area contributed by atoms with Crippen LogP contribution in [-0.2, 0) is 4.74 Å². The van der Waals surface area contributed by atoms with Gasteiger partial charge in [-0.05, 0) is 38.5 Å². The third kappa shape index (κ3) is 3.06. The number of rotatable bonds is 3. The fourth-order valence-corrected chi connectivity index (χ4v) is 2.59. The van der Waals surface area contributed by atoms with E-state index in [4.69, 9.17) is 4.74 Å². The fourth-order valence-electron chi connectivity index (χ4n) is 2.59. The topological polar surface area (TPSA) is 98.5 Å². The van der Waals surface area contributed by atoms with Gasteiger partial charge in [-0.3, -0.25) is 4.79 Å². The van der Waals surface area contributed by atoms with E-state index in [9.17, 15) is 9.59 Å². The summed E-state index contributed by atoms with van der Waals surface area (Å²) in [5, 5.41) is 6.85. The monoisotopic (exact) mass is 339 g/mol. The van der Waals surface area contributed by atoms with E-state index in [0.717, 1.165) is 11.4 Å². The van der Waals surface area contributed by atoms with Gasteiger partial charge in [0, 0.05) is 11.4 Å². The summed E-state index contributed by atoms with van der Waals surface area (Å²) in [5.41, 5.74) is 2.94. The Kier molecular flexibility index (Phi) is 4.18. The van der Waals surface area contributed by atoms with E-state index in [-0.39, 0.29) is 5.82 Å². The van der Waals surface area contributed by atoms with Crippen molar-refractivity contribution in [1.82, 2.24) is 19.6 Å². The third-order valence-electron chi connectivity index (χ3n) is 3.73. The number of nitrogens with zero attached hydrogens (tertiary/aromatic N) is 4. The molecule has 128 valence electrons. The highest BCUT2D eigenvalue weighted by Gasteiger charge is 2.20. The van der Waals surface area contributed by atoms with Crippen molar-refractivity contribution in [2.24, 2.45) is 0 Å². The van der Waals surface area contributed by atoms with E-state index < -0.39 is 11.9 Å². The van der Waals surface area contributed by atoms with Gasteiger partial charge in [0.2, 0.25) is 5.82 Å². The lowest BCUT2D eigenvalue weighted by molar-refractivity contribution is 0.0601. The minimum atomic E-state index is -0.529.